The normalized spacial score (nSPS) is 10.3. The number of hydrogen-bond acceptors (Lipinski definition) is 1. The lowest BCUT2D eigenvalue weighted by Gasteiger charge is -2.10. The molecule has 0 spiro atoms. The predicted molar refractivity (Wildman–Crippen MR) is 77.4 cm³/mol. The van der Waals surface area contributed by atoms with Crippen LogP contribution in [0.2, 0.25) is 0 Å². The Hall–Kier alpha value is -1.28. The van der Waals surface area contributed by atoms with Crippen LogP contribution in [-0.4, -0.2) is 0 Å². The van der Waals surface area contributed by atoms with Crippen molar-refractivity contribution < 1.29 is 0 Å². The molecule has 1 nitrogen and oxygen atoms in total. The third-order valence-electron chi connectivity index (χ3n) is 2.66. The van der Waals surface area contributed by atoms with Crippen LogP contribution in [0.15, 0.2) is 46.9 Å². The maximum absolute atomic E-state index is 3.56. The van der Waals surface area contributed by atoms with Crippen LogP contribution < -0.4 is 5.32 Å². The number of anilines is 1. The van der Waals surface area contributed by atoms with Crippen LogP contribution in [0.3, 0.4) is 0 Å². The van der Waals surface area contributed by atoms with E-state index in [-0.39, 0.29) is 0 Å². The first-order chi connectivity index (χ1) is 8.15. The Morgan fingerprint density at radius 3 is 2.29 bits per heavy atom. The summed E-state index contributed by atoms with van der Waals surface area (Å²) in [6.07, 6.45) is 0. The first-order valence-corrected chi connectivity index (χ1v) is 6.50. The molecule has 1 N–H and O–H groups in total. The summed E-state index contributed by atoms with van der Waals surface area (Å²) >= 11 is 3.56. The Balaban J connectivity index is 2.10. The van der Waals surface area contributed by atoms with Crippen molar-refractivity contribution in [2.45, 2.75) is 20.4 Å². The molecule has 2 rings (SSSR count). The second kappa shape index (κ2) is 5.37. The smallest absolute Gasteiger partial charge is 0.0411 e. The second-order valence-corrected chi connectivity index (χ2v) is 5.18. The third kappa shape index (κ3) is 3.34. The number of benzene rings is 2. The van der Waals surface area contributed by atoms with Crippen molar-refractivity contribution in [3.63, 3.8) is 0 Å². The minimum atomic E-state index is 0.838. The molecule has 0 unspecified atom stereocenters. The van der Waals surface area contributed by atoms with Gasteiger partial charge in [-0.05, 0) is 48.7 Å². The molecule has 0 heterocycles. The average molecular weight is 290 g/mol. The molecule has 0 aromatic heterocycles. The van der Waals surface area contributed by atoms with Gasteiger partial charge in [-0.1, -0.05) is 40.2 Å². The van der Waals surface area contributed by atoms with Crippen molar-refractivity contribution in [1.82, 2.24) is 0 Å². The van der Waals surface area contributed by atoms with Gasteiger partial charge in [-0.2, -0.15) is 0 Å². The topological polar surface area (TPSA) is 12.0 Å². The average Bonchev–Trinajstić information content (AvgIpc) is 2.27. The Kier molecular flexibility index (Phi) is 3.85. The van der Waals surface area contributed by atoms with Gasteiger partial charge in [0.05, 0.1) is 0 Å². The fourth-order valence-electron chi connectivity index (χ4n) is 1.92. The fourth-order valence-corrected chi connectivity index (χ4v) is 2.34. The van der Waals surface area contributed by atoms with Gasteiger partial charge in [0.1, 0.15) is 0 Å². The van der Waals surface area contributed by atoms with Crippen LogP contribution in [-0.2, 0) is 6.54 Å². The maximum atomic E-state index is 3.56. The van der Waals surface area contributed by atoms with E-state index >= 15 is 0 Å². The molecule has 0 radical (unpaired) electrons. The lowest BCUT2D eigenvalue weighted by atomic mass is 10.1. The maximum Gasteiger partial charge on any atom is 0.0411 e. The summed E-state index contributed by atoms with van der Waals surface area (Å²) in [5, 5.41) is 3.45. The van der Waals surface area contributed by atoms with Gasteiger partial charge in [-0.25, -0.2) is 0 Å². The number of nitrogens with one attached hydrogen (secondary N) is 1. The highest BCUT2D eigenvalue weighted by molar-refractivity contribution is 9.10. The zero-order valence-electron chi connectivity index (χ0n) is 10.1. The molecule has 0 atom stereocenters. The highest BCUT2D eigenvalue weighted by Gasteiger charge is 1.99. The van der Waals surface area contributed by atoms with Crippen molar-refractivity contribution in [2.75, 3.05) is 5.32 Å². The van der Waals surface area contributed by atoms with Crippen molar-refractivity contribution in [3.05, 3.63) is 63.6 Å². The zero-order chi connectivity index (χ0) is 12.3. The number of aryl methyl sites for hydroxylation is 2. The molecule has 0 amide bonds. The summed E-state index contributed by atoms with van der Waals surface area (Å²) in [6.45, 7) is 5.08. The predicted octanol–water partition coefficient (Wildman–Crippen LogP) is 4.68. The van der Waals surface area contributed by atoms with Crippen LogP contribution >= 0.6 is 15.9 Å². The van der Waals surface area contributed by atoms with E-state index in [2.05, 4.69) is 71.5 Å². The standard InChI is InChI=1S/C15H16BrN/c1-11-7-12(2)9-14(8-11)17-10-13-5-3-4-6-15(13)16/h3-9,17H,10H2,1-2H3. The van der Waals surface area contributed by atoms with E-state index in [0.29, 0.717) is 0 Å². The Morgan fingerprint density at radius 2 is 1.65 bits per heavy atom. The summed E-state index contributed by atoms with van der Waals surface area (Å²) < 4.78 is 1.15. The number of halogens is 1. The summed E-state index contributed by atoms with van der Waals surface area (Å²) in [4.78, 5) is 0. The quantitative estimate of drug-likeness (QED) is 0.865. The van der Waals surface area contributed by atoms with Gasteiger partial charge < -0.3 is 5.32 Å². The van der Waals surface area contributed by atoms with Crippen LogP contribution in [0, 0.1) is 13.8 Å². The highest BCUT2D eigenvalue weighted by atomic mass is 79.9. The Morgan fingerprint density at radius 1 is 1.00 bits per heavy atom. The van der Waals surface area contributed by atoms with E-state index in [4.69, 9.17) is 0 Å². The Bertz CT molecular complexity index is 500. The number of hydrogen-bond donors (Lipinski definition) is 1. The monoisotopic (exact) mass is 289 g/mol. The number of rotatable bonds is 3. The van der Waals surface area contributed by atoms with Crippen LogP contribution in [0.1, 0.15) is 16.7 Å². The molecule has 0 saturated carbocycles. The van der Waals surface area contributed by atoms with Crippen molar-refractivity contribution in [1.29, 1.82) is 0 Å². The lowest BCUT2D eigenvalue weighted by molar-refractivity contribution is 1.13. The van der Waals surface area contributed by atoms with E-state index in [0.717, 1.165) is 11.0 Å². The molecule has 17 heavy (non-hydrogen) atoms. The molecule has 0 aliphatic carbocycles. The Labute approximate surface area is 111 Å². The van der Waals surface area contributed by atoms with Crippen molar-refractivity contribution in [2.24, 2.45) is 0 Å². The van der Waals surface area contributed by atoms with Crippen LogP contribution in [0.4, 0.5) is 5.69 Å². The van der Waals surface area contributed by atoms with Crippen LogP contribution in [0.5, 0.6) is 0 Å². The molecular formula is C15H16BrN. The van der Waals surface area contributed by atoms with E-state index < -0.39 is 0 Å². The molecular weight excluding hydrogens is 274 g/mol. The van der Waals surface area contributed by atoms with E-state index in [9.17, 15) is 0 Å². The summed E-state index contributed by atoms with van der Waals surface area (Å²) in [7, 11) is 0. The van der Waals surface area contributed by atoms with Crippen molar-refractivity contribution in [3.8, 4) is 0 Å². The molecule has 0 aliphatic rings. The minimum Gasteiger partial charge on any atom is -0.381 e. The third-order valence-corrected chi connectivity index (χ3v) is 3.44. The SMILES string of the molecule is Cc1cc(C)cc(NCc2ccccc2Br)c1. The summed E-state index contributed by atoms with van der Waals surface area (Å²) in [5.74, 6) is 0. The molecule has 2 aromatic rings. The second-order valence-electron chi connectivity index (χ2n) is 4.32. The molecule has 88 valence electrons. The van der Waals surface area contributed by atoms with Gasteiger partial charge in [-0.15, -0.1) is 0 Å². The molecule has 0 aliphatic heterocycles. The summed E-state index contributed by atoms with van der Waals surface area (Å²) in [6, 6.07) is 14.8. The lowest BCUT2D eigenvalue weighted by Crippen LogP contribution is -2.00. The largest absolute Gasteiger partial charge is 0.381 e. The first-order valence-electron chi connectivity index (χ1n) is 5.71. The zero-order valence-corrected chi connectivity index (χ0v) is 11.7. The minimum absolute atomic E-state index is 0.838. The van der Waals surface area contributed by atoms with Gasteiger partial charge in [-0.3, -0.25) is 0 Å². The van der Waals surface area contributed by atoms with Gasteiger partial charge in [0, 0.05) is 16.7 Å². The first kappa shape index (κ1) is 12.2. The fraction of sp³-hybridized carbons (Fsp3) is 0.200. The van der Waals surface area contributed by atoms with Gasteiger partial charge in [0.15, 0.2) is 0 Å². The molecule has 0 fully saturated rings. The highest BCUT2D eigenvalue weighted by Crippen LogP contribution is 2.19. The van der Waals surface area contributed by atoms with E-state index in [1.165, 1.54) is 22.4 Å². The van der Waals surface area contributed by atoms with E-state index in [1.807, 2.05) is 6.07 Å². The summed E-state index contributed by atoms with van der Waals surface area (Å²) in [5.41, 5.74) is 5.03. The van der Waals surface area contributed by atoms with E-state index in [1.54, 1.807) is 0 Å². The van der Waals surface area contributed by atoms with Gasteiger partial charge >= 0.3 is 0 Å². The molecule has 0 bridgehead atoms. The molecule has 0 saturated heterocycles. The van der Waals surface area contributed by atoms with Crippen molar-refractivity contribution >= 4 is 21.6 Å². The van der Waals surface area contributed by atoms with Gasteiger partial charge in [0.25, 0.3) is 0 Å². The van der Waals surface area contributed by atoms with Gasteiger partial charge in [0.2, 0.25) is 0 Å². The molecule has 2 aromatic carbocycles. The molecule has 2 heteroatoms. The van der Waals surface area contributed by atoms with Crippen LogP contribution in [0.25, 0.3) is 0 Å².